The molecule has 102 valence electrons. The van der Waals surface area contributed by atoms with E-state index in [1.54, 1.807) is 6.07 Å². The van der Waals surface area contributed by atoms with Gasteiger partial charge in [0.1, 0.15) is 11.9 Å². The van der Waals surface area contributed by atoms with Crippen molar-refractivity contribution < 1.29 is 9.18 Å². The molecule has 0 aliphatic carbocycles. The van der Waals surface area contributed by atoms with E-state index in [0.29, 0.717) is 17.4 Å². The molecule has 0 atom stereocenters. The van der Waals surface area contributed by atoms with Gasteiger partial charge in [0.25, 0.3) is 5.91 Å². The Kier molecular flexibility index (Phi) is 4.22. The first kappa shape index (κ1) is 13.9. The standard InChI is InChI=1S/C12H10FN5OS/c1-2-15-12-18-17-11(20-12)10(19)16-8-3-4-9(13)7(5-8)6-14/h3-5H,2H2,1H3,(H,15,18)(H,16,19). The molecule has 0 saturated carbocycles. The minimum Gasteiger partial charge on any atom is -0.360 e. The Morgan fingerprint density at radius 1 is 1.50 bits per heavy atom. The monoisotopic (exact) mass is 291 g/mol. The zero-order chi connectivity index (χ0) is 14.5. The summed E-state index contributed by atoms with van der Waals surface area (Å²) in [5.74, 6) is -1.09. The van der Waals surface area contributed by atoms with Gasteiger partial charge >= 0.3 is 0 Å². The molecule has 0 aliphatic rings. The van der Waals surface area contributed by atoms with Gasteiger partial charge in [-0.2, -0.15) is 5.26 Å². The molecule has 1 heterocycles. The van der Waals surface area contributed by atoms with Gasteiger partial charge in [0.15, 0.2) is 0 Å². The molecule has 1 amide bonds. The molecule has 0 aliphatic heterocycles. The molecule has 20 heavy (non-hydrogen) atoms. The van der Waals surface area contributed by atoms with Crippen LogP contribution in [0.5, 0.6) is 0 Å². The van der Waals surface area contributed by atoms with Crippen LogP contribution in [-0.2, 0) is 0 Å². The van der Waals surface area contributed by atoms with Crippen LogP contribution >= 0.6 is 11.3 Å². The van der Waals surface area contributed by atoms with Crippen molar-refractivity contribution in [2.24, 2.45) is 0 Å². The van der Waals surface area contributed by atoms with Gasteiger partial charge in [-0.1, -0.05) is 11.3 Å². The summed E-state index contributed by atoms with van der Waals surface area (Å²) in [4.78, 5) is 11.9. The van der Waals surface area contributed by atoms with Crippen LogP contribution in [0.1, 0.15) is 22.3 Å². The summed E-state index contributed by atoms with van der Waals surface area (Å²) < 4.78 is 13.2. The molecule has 0 radical (unpaired) electrons. The van der Waals surface area contributed by atoms with E-state index < -0.39 is 11.7 Å². The zero-order valence-corrected chi connectivity index (χ0v) is 11.3. The number of nitrogens with zero attached hydrogens (tertiary/aromatic N) is 3. The maximum Gasteiger partial charge on any atom is 0.286 e. The highest BCUT2D eigenvalue weighted by Crippen LogP contribution is 2.18. The van der Waals surface area contributed by atoms with Crippen molar-refractivity contribution in [2.45, 2.75) is 6.92 Å². The number of aromatic nitrogens is 2. The summed E-state index contributed by atoms with van der Waals surface area (Å²) in [6.07, 6.45) is 0. The van der Waals surface area contributed by atoms with Crippen LogP contribution in [0.2, 0.25) is 0 Å². The molecule has 2 N–H and O–H groups in total. The predicted octanol–water partition coefficient (Wildman–Crippen LogP) is 2.23. The fourth-order valence-corrected chi connectivity index (χ4v) is 2.12. The van der Waals surface area contributed by atoms with Gasteiger partial charge in [0, 0.05) is 12.2 Å². The molecule has 0 spiro atoms. The van der Waals surface area contributed by atoms with Gasteiger partial charge in [-0.3, -0.25) is 4.79 Å². The van der Waals surface area contributed by atoms with Crippen molar-refractivity contribution in [3.05, 3.63) is 34.6 Å². The van der Waals surface area contributed by atoms with E-state index in [-0.39, 0.29) is 10.6 Å². The lowest BCUT2D eigenvalue weighted by Gasteiger charge is -2.03. The van der Waals surface area contributed by atoms with Gasteiger partial charge in [-0.15, -0.1) is 10.2 Å². The first-order valence-corrected chi connectivity index (χ1v) is 6.54. The van der Waals surface area contributed by atoms with Crippen molar-refractivity contribution in [3.63, 3.8) is 0 Å². The number of nitriles is 1. The minimum absolute atomic E-state index is 0.131. The summed E-state index contributed by atoms with van der Waals surface area (Å²) >= 11 is 1.11. The van der Waals surface area contributed by atoms with E-state index >= 15 is 0 Å². The van der Waals surface area contributed by atoms with E-state index in [0.717, 1.165) is 17.4 Å². The van der Waals surface area contributed by atoms with Crippen LogP contribution < -0.4 is 10.6 Å². The van der Waals surface area contributed by atoms with E-state index in [9.17, 15) is 9.18 Å². The number of carbonyl (C=O) groups is 1. The second kappa shape index (κ2) is 6.08. The molecule has 0 saturated heterocycles. The largest absolute Gasteiger partial charge is 0.360 e. The van der Waals surface area contributed by atoms with E-state index in [1.807, 2.05) is 6.92 Å². The van der Waals surface area contributed by atoms with Crippen LogP contribution in [0, 0.1) is 17.1 Å². The molecule has 0 fully saturated rings. The third-order valence-corrected chi connectivity index (χ3v) is 3.17. The quantitative estimate of drug-likeness (QED) is 0.901. The average Bonchev–Trinajstić information content (AvgIpc) is 2.90. The maximum atomic E-state index is 13.2. The van der Waals surface area contributed by atoms with Gasteiger partial charge in [0.2, 0.25) is 10.1 Å². The topological polar surface area (TPSA) is 90.7 Å². The lowest BCUT2D eigenvalue weighted by molar-refractivity contribution is 0.102. The van der Waals surface area contributed by atoms with Gasteiger partial charge in [-0.05, 0) is 25.1 Å². The van der Waals surface area contributed by atoms with Crippen molar-refractivity contribution >= 4 is 28.1 Å². The fraction of sp³-hybridized carbons (Fsp3) is 0.167. The molecular weight excluding hydrogens is 281 g/mol. The minimum atomic E-state index is -0.629. The first-order valence-electron chi connectivity index (χ1n) is 5.72. The second-order valence-electron chi connectivity index (χ2n) is 3.70. The Morgan fingerprint density at radius 3 is 3.00 bits per heavy atom. The zero-order valence-electron chi connectivity index (χ0n) is 10.5. The highest BCUT2D eigenvalue weighted by Gasteiger charge is 2.13. The van der Waals surface area contributed by atoms with Crippen molar-refractivity contribution in [1.29, 1.82) is 5.26 Å². The Labute approximate surface area is 118 Å². The first-order chi connectivity index (χ1) is 9.63. The maximum absolute atomic E-state index is 13.2. The number of rotatable bonds is 4. The van der Waals surface area contributed by atoms with Crippen LogP contribution in [0.4, 0.5) is 15.2 Å². The number of anilines is 2. The predicted molar refractivity (Wildman–Crippen MR) is 73.1 cm³/mol. The molecule has 0 unspecified atom stereocenters. The molecule has 1 aromatic carbocycles. The SMILES string of the molecule is CCNc1nnc(C(=O)Nc2ccc(F)c(C#N)c2)s1. The van der Waals surface area contributed by atoms with E-state index in [2.05, 4.69) is 20.8 Å². The van der Waals surface area contributed by atoms with Gasteiger partial charge < -0.3 is 10.6 Å². The molecule has 1 aromatic heterocycles. The number of halogens is 1. The molecule has 6 nitrogen and oxygen atoms in total. The third kappa shape index (κ3) is 3.07. The van der Waals surface area contributed by atoms with Gasteiger partial charge in [-0.25, -0.2) is 4.39 Å². The number of amides is 1. The molecule has 2 aromatic rings. The average molecular weight is 291 g/mol. The van der Waals surface area contributed by atoms with Crippen LogP contribution in [0.15, 0.2) is 18.2 Å². The lowest BCUT2D eigenvalue weighted by Crippen LogP contribution is -2.11. The van der Waals surface area contributed by atoms with E-state index in [1.165, 1.54) is 12.1 Å². The van der Waals surface area contributed by atoms with Crippen LogP contribution in [0.25, 0.3) is 0 Å². The molecule has 8 heteroatoms. The number of nitrogens with one attached hydrogen (secondary N) is 2. The van der Waals surface area contributed by atoms with Crippen molar-refractivity contribution in [1.82, 2.24) is 10.2 Å². The Bertz CT molecular complexity index is 679. The molecule has 2 rings (SSSR count). The van der Waals surface area contributed by atoms with Crippen molar-refractivity contribution in [2.75, 3.05) is 17.2 Å². The second-order valence-corrected chi connectivity index (χ2v) is 4.68. The summed E-state index contributed by atoms with van der Waals surface area (Å²) in [6, 6.07) is 5.47. The van der Waals surface area contributed by atoms with E-state index in [4.69, 9.17) is 5.26 Å². The highest BCUT2D eigenvalue weighted by molar-refractivity contribution is 7.17. The number of carbonyl (C=O) groups excluding carboxylic acids is 1. The molecule has 0 bridgehead atoms. The Hall–Kier alpha value is -2.53. The lowest BCUT2D eigenvalue weighted by atomic mass is 10.2. The normalized spacial score (nSPS) is 9.85. The fourth-order valence-electron chi connectivity index (χ4n) is 1.41. The highest BCUT2D eigenvalue weighted by atomic mass is 32.1. The van der Waals surface area contributed by atoms with Crippen LogP contribution in [0.3, 0.4) is 0 Å². The third-order valence-electron chi connectivity index (χ3n) is 2.29. The molecular formula is C12H10FN5OS. The smallest absolute Gasteiger partial charge is 0.286 e. The summed E-state index contributed by atoms with van der Waals surface area (Å²) in [5.41, 5.74) is 0.196. The van der Waals surface area contributed by atoms with Crippen LogP contribution in [-0.4, -0.2) is 22.6 Å². The van der Waals surface area contributed by atoms with Crippen molar-refractivity contribution in [3.8, 4) is 6.07 Å². The summed E-state index contributed by atoms with van der Waals surface area (Å²) in [7, 11) is 0. The Morgan fingerprint density at radius 2 is 2.30 bits per heavy atom. The summed E-state index contributed by atoms with van der Waals surface area (Å²) in [5, 5.41) is 22.5. The number of hydrogen-bond donors (Lipinski definition) is 2. The number of benzene rings is 1. The Balaban J connectivity index is 2.13. The number of hydrogen-bond acceptors (Lipinski definition) is 6. The summed E-state index contributed by atoms with van der Waals surface area (Å²) in [6.45, 7) is 2.59. The van der Waals surface area contributed by atoms with Gasteiger partial charge in [0.05, 0.1) is 5.56 Å².